The van der Waals surface area contributed by atoms with E-state index in [0.29, 0.717) is 16.7 Å². The summed E-state index contributed by atoms with van der Waals surface area (Å²) in [5.41, 5.74) is 2.27. The van der Waals surface area contributed by atoms with Crippen LogP contribution < -0.4 is 5.32 Å². The molecule has 0 saturated heterocycles. The second-order valence-electron chi connectivity index (χ2n) is 5.54. The van der Waals surface area contributed by atoms with E-state index >= 15 is 0 Å². The first-order chi connectivity index (χ1) is 12.8. The molecular weight excluding hydrogens is 403 g/mol. The Bertz CT molecular complexity index is 1070. The average Bonchev–Trinajstić information content (AvgIpc) is 3.15. The van der Waals surface area contributed by atoms with Gasteiger partial charge in [-0.3, -0.25) is 4.79 Å². The van der Waals surface area contributed by atoms with Crippen molar-refractivity contribution in [3.8, 4) is 16.6 Å². The molecule has 0 fully saturated rings. The molecule has 3 aromatic rings. The first-order valence-corrected chi connectivity index (χ1v) is 8.83. The van der Waals surface area contributed by atoms with E-state index in [4.69, 9.17) is 11.6 Å². The number of nitriles is 1. The predicted molar refractivity (Wildman–Crippen MR) is 94.4 cm³/mol. The van der Waals surface area contributed by atoms with E-state index in [1.165, 1.54) is 17.7 Å². The van der Waals surface area contributed by atoms with Gasteiger partial charge < -0.3 is 9.88 Å². The molecule has 0 aliphatic carbocycles. The smallest absolute Gasteiger partial charge is 0.346 e. The van der Waals surface area contributed by atoms with Crippen molar-refractivity contribution in [3.63, 3.8) is 0 Å². The topological polar surface area (TPSA) is 83.6 Å². The van der Waals surface area contributed by atoms with Gasteiger partial charge >= 0.3 is 12.1 Å². The van der Waals surface area contributed by atoms with Crippen LogP contribution in [0.1, 0.15) is 11.1 Å². The molecule has 27 heavy (non-hydrogen) atoms. The fourth-order valence-corrected chi connectivity index (χ4v) is 3.92. The van der Waals surface area contributed by atoms with E-state index in [1.807, 2.05) is 23.7 Å². The van der Waals surface area contributed by atoms with Crippen molar-refractivity contribution in [1.82, 2.24) is 19.9 Å². The van der Waals surface area contributed by atoms with E-state index in [-0.39, 0.29) is 23.8 Å². The lowest BCUT2D eigenvalue weighted by Gasteiger charge is -2.13. The van der Waals surface area contributed by atoms with Crippen molar-refractivity contribution in [3.05, 3.63) is 34.1 Å². The third-order valence-electron chi connectivity index (χ3n) is 3.86. The van der Waals surface area contributed by atoms with Crippen LogP contribution in [-0.4, -0.2) is 33.2 Å². The minimum absolute atomic E-state index is 0.0419. The average molecular weight is 414 g/mol. The molecule has 0 bridgehead atoms. The third-order valence-corrected chi connectivity index (χ3v) is 5.16. The SMILES string of the molecule is Cc1ccsc1-c1c(C#N)c2ncnc(Cl)c2n1CCNC(=O)C(F)(F)F. The summed E-state index contributed by atoms with van der Waals surface area (Å²) in [5, 5.41) is 13.4. The van der Waals surface area contributed by atoms with Crippen molar-refractivity contribution in [1.29, 1.82) is 5.26 Å². The zero-order valence-corrected chi connectivity index (χ0v) is 15.3. The monoisotopic (exact) mass is 413 g/mol. The van der Waals surface area contributed by atoms with E-state index in [1.54, 1.807) is 4.57 Å². The Hall–Kier alpha value is -2.64. The van der Waals surface area contributed by atoms with Gasteiger partial charge in [0.1, 0.15) is 29.0 Å². The maximum atomic E-state index is 12.4. The Kier molecular flexibility index (Phi) is 5.08. The molecule has 1 amide bonds. The van der Waals surface area contributed by atoms with Crippen molar-refractivity contribution >= 4 is 39.9 Å². The zero-order valence-electron chi connectivity index (χ0n) is 13.8. The van der Waals surface area contributed by atoms with Gasteiger partial charge in [-0.1, -0.05) is 11.6 Å². The molecule has 3 rings (SSSR count). The molecule has 0 atom stereocenters. The number of aryl methyl sites for hydroxylation is 1. The second kappa shape index (κ2) is 7.17. The number of hydrogen-bond acceptors (Lipinski definition) is 5. The molecule has 0 aliphatic heterocycles. The van der Waals surface area contributed by atoms with Gasteiger partial charge in [0.05, 0.1) is 10.6 Å². The summed E-state index contributed by atoms with van der Waals surface area (Å²) in [6.07, 6.45) is -3.75. The van der Waals surface area contributed by atoms with Gasteiger partial charge in [0.15, 0.2) is 5.15 Å². The standard InChI is InChI=1S/C16H11ClF3N5OS/c1-8-2-5-27-13(8)11-9(6-21)10-12(14(17)24-7-23-10)25(11)4-3-22-15(26)16(18,19)20/h2,5,7H,3-4H2,1H3,(H,22,26). The van der Waals surface area contributed by atoms with E-state index in [0.717, 1.165) is 10.4 Å². The Labute approximate surface area is 160 Å². The lowest BCUT2D eigenvalue weighted by molar-refractivity contribution is -0.173. The highest BCUT2D eigenvalue weighted by molar-refractivity contribution is 7.13. The van der Waals surface area contributed by atoms with Crippen LogP contribution in [0.5, 0.6) is 0 Å². The molecule has 0 unspecified atom stereocenters. The highest BCUT2D eigenvalue weighted by atomic mass is 35.5. The molecular formula is C16H11ClF3N5OS. The summed E-state index contributed by atoms with van der Waals surface area (Å²) in [6, 6.07) is 3.96. The number of nitrogens with zero attached hydrogens (tertiary/aromatic N) is 4. The Morgan fingerprint density at radius 3 is 2.78 bits per heavy atom. The second-order valence-corrected chi connectivity index (χ2v) is 6.81. The molecule has 3 heterocycles. The largest absolute Gasteiger partial charge is 0.471 e. The number of carbonyl (C=O) groups is 1. The Morgan fingerprint density at radius 1 is 1.44 bits per heavy atom. The normalized spacial score (nSPS) is 11.6. The van der Waals surface area contributed by atoms with Crippen LogP contribution in [0.25, 0.3) is 21.6 Å². The summed E-state index contributed by atoms with van der Waals surface area (Å²) in [7, 11) is 0. The predicted octanol–water partition coefficient (Wildman–Crippen LogP) is 3.67. The van der Waals surface area contributed by atoms with Crippen LogP contribution >= 0.6 is 22.9 Å². The molecule has 3 aromatic heterocycles. The van der Waals surface area contributed by atoms with Gasteiger partial charge in [0.2, 0.25) is 0 Å². The number of rotatable bonds is 4. The van der Waals surface area contributed by atoms with E-state index in [9.17, 15) is 23.2 Å². The van der Waals surface area contributed by atoms with Gasteiger partial charge in [0.25, 0.3) is 0 Å². The molecule has 0 aromatic carbocycles. The number of carbonyl (C=O) groups excluding carboxylic acids is 1. The summed E-state index contributed by atoms with van der Waals surface area (Å²) < 4.78 is 38.8. The van der Waals surface area contributed by atoms with E-state index < -0.39 is 12.1 Å². The highest BCUT2D eigenvalue weighted by Crippen LogP contribution is 2.38. The highest BCUT2D eigenvalue weighted by Gasteiger charge is 2.38. The number of halogens is 4. The van der Waals surface area contributed by atoms with Crippen molar-refractivity contribution < 1.29 is 18.0 Å². The lowest BCUT2D eigenvalue weighted by atomic mass is 10.1. The van der Waals surface area contributed by atoms with Gasteiger partial charge in [-0.15, -0.1) is 11.3 Å². The number of fused-ring (bicyclic) bond motifs is 1. The van der Waals surface area contributed by atoms with Crippen LogP contribution in [0.3, 0.4) is 0 Å². The molecule has 6 nitrogen and oxygen atoms in total. The van der Waals surface area contributed by atoms with Gasteiger partial charge in [-0.2, -0.15) is 18.4 Å². The van der Waals surface area contributed by atoms with Crippen LogP contribution in [-0.2, 0) is 11.3 Å². The number of aromatic nitrogens is 3. The summed E-state index contributed by atoms with van der Waals surface area (Å²) in [4.78, 5) is 19.9. The molecule has 0 radical (unpaired) electrons. The molecule has 140 valence electrons. The summed E-state index contributed by atoms with van der Waals surface area (Å²) >= 11 is 7.56. The van der Waals surface area contributed by atoms with Crippen molar-refractivity contribution in [2.45, 2.75) is 19.6 Å². The summed E-state index contributed by atoms with van der Waals surface area (Å²) in [6.45, 7) is 1.50. The molecule has 11 heteroatoms. The fraction of sp³-hybridized carbons (Fsp3) is 0.250. The van der Waals surface area contributed by atoms with Crippen LogP contribution in [0.4, 0.5) is 13.2 Å². The molecule has 0 aliphatic rings. The Morgan fingerprint density at radius 2 is 2.19 bits per heavy atom. The van der Waals surface area contributed by atoms with E-state index in [2.05, 4.69) is 16.0 Å². The van der Waals surface area contributed by atoms with Crippen molar-refractivity contribution in [2.24, 2.45) is 0 Å². The number of alkyl halides is 3. The lowest BCUT2D eigenvalue weighted by Crippen LogP contribution is -2.38. The first-order valence-electron chi connectivity index (χ1n) is 7.58. The molecule has 0 spiro atoms. The first kappa shape index (κ1) is 19.1. The summed E-state index contributed by atoms with van der Waals surface area (Å²) in [5.74, 6) is -2.03. The molecule has 1 N–H and O–H groups in total. The Balaban J connectivity index is 2.11. The minimum atomic E-state index is -4.97. The van der Waals surface area contributed by atoms with Crippen molar-refractivity contribution in [2.75, 3.05) is 6.54 Å². The van der Waals surface area contributed by atoms with Crippen LogP contribution in [0, 0.1) is 18.3 Å². The quantitative estimate of drug-likeness (QED) is 0.661. The maximum Gasteiger partial charge on any atom is 0.471 e. The third kappa shape index (κ3) is 3.48. The van der Waals surface area contributed by atoms with Crippen LogP contribution in [0.2, 0.25) is 5.15 Å². The maximum absolute atomic E-state index is 12.4. The minimum Gasteiger partial charge on any atom is -0.346 e. The number of hydrogen-bond donors (Lipinski definition) is 1. The van der Waals surface area contributed by atoms with Gasteiger partial charge in [0, 0.05) is 13.1 Å². The molecule has 0 saturated carbocycles. The van der Waals surface area contributed by atoms with Gasteiger partial charge in [-0.25, -0.2) is 9.97 Å². The fourth-order valence-electron chi connectivity index (χ4n) is 2.70. The van der Waals surface area contributed by atoms with Gasteiger partial charge in [-0.05, 0) is 23.9 Å². The number of nitrogens with one attached hydrogen (secondary N) is 1. The number of amides is 1. The zero-order chi connectivity index (χ0) is 19.8. The number of thiophene rings is 1. The van der Waals surface area contributed by atoms with Crippen LogP contribution in [0.15, 0.2) is 17.8 Å².